The zero-order valence-electron chi connectivity index (χ0n) is 20.9. The van der Waals surface area contributed by atoms with Crippen LogP contribution in [0.3, 0.4) is 0 Å². The molecule has 0 aliphatic rings. The van der Waals surface area contributed by atoms with Gasteiger partial charge in [-0.25, -0.2) is 15.0 Å². The molecule has 4 N–H and O–H groups in total. The Labute approximate surface area is 200 Å². The van der Waals surface area contributed by atoms with E-state index in [4.69, 9.17) is 10.5 Å². The van der Waals surface area contributed by atoms with Gasteiger partial charge < -0.3 is 20.6 Å². The van der Waals surface area contributed by atoms with Gasteiger partial charge in [-0.2, -0.15) is 0 Å². The van der Waals surface area contributed by atoms with Crippen LogP contribution in [0.2, 0.25) is 0 Å². The lowest BCUT2D eigenvalue weighted by Gasteiger charge is -2.10. The van der Waals surface area contributed by atoms with E-state index < -0.39 is 6.10 Å². The molecule has 2 aromatic heterocycles. The number of aliphatic hydroxyl groups is 1. The van der Waals surface area contributed by atoms with Crippen molar-refractivity contribution in [2.45, 2.75) is 122 Å². The van der Waals surface area contributed by atoms with Crippen LogP contribution >= 0.6 is 0 Å². The van der Waals surface area contributed by atoms with Crippen LogP contribution in [-0.2, 0) is 4.74 Å². The molecule has 1 unspecified atom stereocenters. The number of H-pyrrole nitrogens is 1. The first-order chi connectivity index (χ1) is 16.2. The topological polar surface area (TPSA) is 110 Å². The number of hydrogen-bond acceptors (Lipinski definition) is 6. The average Bonchev–Trinajstić information content (AvgIpc) is 3.30. The van der Waals surface area contributed by atoms with E-state index in [2.05, 4.69) is 26.9 Å². The zero-order valence-corrected chi connectivity index (χ0v) is 20.9. The number of nitrogens with two attached hydrogens (primary N) is 1. The molecular formula is C26H47N5O2. The van der Waals surface area contributed by atoms with Crippen molar-refractivity contribution < 1.29 is 9.84 Å². The molecule has 0 aliphatic heterocycles. The van der Waals surface area contributed by atoms with Gasteiger partial charge in [0.15, 0.2) is 17.3 Å². The molecule has 2 aromatic rings. The third-order valence-electron chi connectivity index (χ3n) is 6.30. The van der Waals surface area contributed by atoms with Gasteiger partial charge in [-0.15, -0.1) is 0 Å². The Balaban J connectivity index is 1.33. The predicted octanol–water partition coefficient (Wildman–Crippen LogP) is 6.64. The quantitative estimate of drug-likeness (QED) is 0.180. The molecule has 0 aromatic carbocycles. The SMILES string of the molecule is CCCCCCCCCCCCCCCCCCOCCC(O)c1nc(N)c2nc[nH]c2n1. The van der Waals surface area contributed by atoms with Gasteiger partial charge in [0.05, 0.1) is 6.33 Å². The van der Waals surface area contributed by atoms with Gasteiger partial charge in [0.1, 0.15) is 11.6 Å². The van der Waals surface area contributed by atoms with Gasteiger partial charge in [0, 0.05) is 19.6 Å². The summed E-state index contributed by atoms with van der Waals surface area (Å²) in [6.07, 6.45) is 23.1. The Hall–Kier alpha value is -1.73. The molecule has 33 heavy (non-hydrogen) atoms. The van der Waals surface area contributed by atoms with Crippen molar-refractivity contribution in [2.75, 3.05) is 18.9 Å². The van der Waals surface area contributed by atoms with E-state index in [0.29, 0.717) is 30.0 Å². The maximum absolute atomic E-state index is 10.3. The van der Waals surface area contributed by atoms with E-state index in [1.54, 1.807) is 0 Å². The summed E-state index contributed by atoms with van der Waals surface area (Å²) in [5, 5.41) is 10.3. The third kappa shape index (κ3) is 11.8. The summed E-state index contributed by atoms with van der Waals surface area (Å²) in [6, 6.07) is 0. The van der Waals surface area contributed by atoms with Crippen molar-refractivity contribution in [3.63, 3.8) is 0 Å². The van der Waals surface area contributed by atoms with E-state index >= 15 is 0 Å². The lowest BCUT2D eigenvalue weighted by Crippen LogP contribution is -2.09. The summed E-state index contributed by atoms with van der Waals surface area (Å²) in [5.74, 6) is 0.597. The Morgan fingerprint density at radius 1 is 0.818 bits per heavy atom. The molecule has 0 fully saturated rings. The first-order valence-electron chi connectivity index (χ1n) is 13.4. The molecule has 0 spiro atoms. The number of anilines is 1. The van der Waals surface area contributed by atoms with Crippen LogP contribution in [0, 0.1) is 0 Å². The maximum Gasteiger partial charge on any atom is 0.163 e. The second kappa shape index (κ2) is 17.7. The molecule has 2 heterocycles. The Morgan fingerprint density at radius 3 is 1.94 bits per heavy atom. The lowest BCUT2D eigenvalue weighted by atomic mass is 10.0. The van der Waals surface area contributed by atoms with E-state index in [1.165, 1.54) is 103 Å². The summed E-state index contributed by atoms with van der Waals surface area (Å²) in [6.45, 7) is 3.52. The fraction of sp³-hybridized carbons (Fsp3) is 0.808. The number of aliphatic hydroxyl groups excluding tert-OH is 1. The highest BCUT2D eigenvalue weighted by Gasteiger charge is 2.15. The molecule has 0 saturated heterocycles. The van der Waals surface area contributed by atoms with Crippen LogP contribution < -0.4 is 5.73 Å². The standard InChI is InChI=1S/C26H47N5O2/c1-2-3-4-5-6-7-8-9-10-11-12-13-14-15-16-17-19-33-20-18-22(32)25-30-24(27)23-26(31-25)29-21-28-23/h21-22,32H,2-20H2,1H3,(H3,27,28,29,30,31). The third-order valence-corrected chi connectivity index (χ3v) is 6.30. The molecule has 0 radical (unpaired) electrons. The van der Waals surface area contributed by atoms with Crippen LogP contribution in [-0.4, -0.2) is 38.3 Å². The number of rotatable bonds is 21. The number of fused-ring (bicyclic) bond motifs is 1. The highest BCUT2D eigenvalue weighted by Crippen LogP contribution is 2.19. The molecule has 0 saturated carbocycles. The molecule has 0 amide bonds. The smallest absolute Gasteiger partial charge is 0.163 e. The zero-order chi connectivity index (χ0) is 23.6. The predicted molar refractivity (Wildman–Crippen MR) is 136 cm³/mol. The molecule has 7 heteroatoms. The van der Waals surface area contributed by atoms with Crippen LogP contribution in [0.4, 0.5) is 5.82 Å². The van der Waals surface area contributed by atoms with Crippen molar-refractivity contribution in [3.8, 4) is 0 Å². The van der Waals surface area contributed by atoms with E-state index in [9.17, 15) is 5.11 Å². The maximum atomic E-state index is 10.3. The van der Waals surface area contributed by atoms with Crippen molar-refractivity contribution in [3.05, 3.63) is 12.2 Å². The Kier molecular flexibility index (Phi) is 14.8. The minimum atomic E-state index is -0.786. The van der Waals surface area contributed by atoms with Crippen LogP contribution in [0.5, 0.6) is 0 Å². The minimum absolute atomic E-state index is 0.282. The molecule has 0 aliphatic carbocycles. The van der Waals surface area contributed by atoms with E-state index in [-0.39, 0.29) is 5.82 Å². The van der Waals surface area contributed by atoms with Crippen LogP contribution in [0.1, 0.15) is 128 Å². The normalized spacial score (nSPS) is 12.5. The lowest BCUT2D eigenvalue weighted by molar-refractivity contribution is 0.0763. The first-order valence-corrected chi connectivity index (χ1v) is 13.4. The van der Waals surface area contributed by atoms with Crippen molar-refractivity contribution >= 4 is 17.0 Å². The summed E-state index contributed by atoms with van der Waals surface area (Å²) in [4.78, 5) is 15.4. The second-order valence-corrected chi connectivity index (χ2v) is 9.29. The van der Waals surface area contributed by atoms with Crippen molar-refractivity contribution in [2.24, 2.45) is 0 Å². The molecule has 0 bridgehead atoms. The van der Waals surface area contributed by atoms with Crippen molar-refractivity contribution in [1.29, 1.82) is 0 Å². The van der Waals surface area contributed by atoms with Gasteiger partial charge in [-0.3, -0.25) is 0 Å². The largest absolute Gasteiger partial charge is 0.385 e. The van der Waals surface area contributed by atoms with Crippen LogP contribution in [0.25, 0.3) is 11.2 Å². The van der Waals surface area contributed by atoms with Gasteiger partial charge in [-0.05, 0) is 6.42 Å². The number of aromatic nitrogens is 4. The molecule has 1 atom stereocenters. The van der Waals surface area contributed by atoms with Crippen molar-refractivity contribution in [1.82, 2.24) is 19.9 Å². The number of nitrogens with zero attached hydrogens (tertiary/aromatic N) is 3. The van der Waals surface area contributed by atoms with Gasteiger partial charge >= 0.3 is 0 Å². The number of ether oxygens (including phenoxy) is 1. The van der Waals surface area contributed by atoms with Gasteiger partial charge in [0.25, 0.3) is 0 Å². The molecule has 7 nitrogen and oxygen atoms in total. The number of imidazole rings is 1. The van der Waals surface area contributed by atoms with Gasteiger partial charge in [-0.1, -0.05) is 103 Å². The van der Waals surface area contributed by atoms with Gasteiger partial charge in [0.2, 0.25) is 0 Å². The Morgan fingerprint density at radius 2 is 1.36 bits per heavy atom. The summed E-state index contributed by atoms with van der Waals surface area (Å²) in [5.41, 5.74) is 6.95. The molecule has 2 rings (SSSR count). The first kappa shape index (κ1) is 27.5. The average molecular weight is 462 g/mol. The number of unbranched alkanes of at least 4 members (excludes halogenated alkanes) is 15. The monoisotopic (exact) mass is 461 g/mol. The fourth-order valence-electron chi connectivity index (χ4n) is 4.20. The number of aromatic amines is 1. The molecular weight excluding hydrogens is 414 g/mol. The van der Waals surface area contributed by atoms with Crippen LogP contribution in [0.15, 0.2) is 6.33 Å². The summed E-state index contributed by atoms with van der Waals surface area (Å²) in [7, 11) is 0. The molecule has 188 valence electrons. The fourth-order valence-corrected chi connectivity index (χ4v) is 4.20. The second-order valence-electron chi connectivity index (χ2n) is 9.29. The number of nitrogen functional groups attached to an aromatic ring is 1. The minimum Gasteiger partial charge on any atom is -0.385 e. The highest BCUT2D eigenvalue weighted by atomic mass is 16.5. The number of hydrogen-bond donors (Lipinski definition) is 3. The summed E-state index contributed by atoms with van der Waals surface area (Å²) < 4.78 is 5.68. The Bertz CT molecular complexity index is 737. The number of nitrogens with one attached hydrogen (secondary N) is 1. The summed E-state index contributed by atoms with van der Waals surface area (Å²) >= 11 is 0. The van der Waals surface area contributed by atoms with E-state index in [1.807, 2.05) is 0 Å². The van der Waals surface area contributed by atoms with E-state index in [0.717, 1.165) is 13.0 Å². The highest BCUT2D eigenvalue weighted by molar-refractivity contribution is 5.80.